The monoisotopic (exact) mass is 245 g/mol. The van der Waals surface area contributed by atoms with Crippen LogP contribution in [0, 0.1) is 0 Å². The summed E-state index contributed by atoms with van der Waals surface area (Å²) in [6.07, 6.45) is 5.70. The van der Waals surface area contributed by atoms with E-state index in [1.54, 1.807) is 18.6 Å². The van der Waals surface area contributed by atoms with Gasteiger partial charge in [-0.05, 0) is 0 Å². The lowest BCUT2D eigenvalue weighted by atomic mass is 10.3. The third-order valence-electron chi connectivity index (χ3n) is 2.57. The van der Waals surface area contributed by atoms with Crippen molar-refractivity contribution >= 4 is 11.5 Å². The van der Waals surface area contributed by atoms with Gasteiger partial charge in [0.05, 0.1) is 6.33 Å². The number of imidazole rings is 1. The molecule has 0 aliphatic rings. The van der Waals surface area contributed by atoms with E-state index >= 15 is 0 Å². The van der Waals surface area contributed by atoms with Crippen LogP contribution in [0.3, 0.4) is 0 Å². The first-order chi connectivity index (χ1) is 8.83. The summed E-state index contributed by atoms with van der Waals surface area (Å²) in [7, 11) is 0. The van der Waals surface area contributed by atoms with Gasteiger partial charge in [-0.1, -0.05) is 0 Å². The molecule has 3 aromatic heterocycles. The third-order valence-corrected chi connectivity index (χ3v) is 2.57. The van der Waals surface area contributed by atoms with Crippen molar-refractivity contribution in [2.45, 2.75) is 6.42 Å². The van der Waals surface area contributed by atoms with E-state index in [2.05, 4.69) is 30.5 Å². The van der Waals surface area contributed by atoms with Crippen molar-refractivity contribution in [2.75, 3.05) is 11.9 Å². The van der Waals surface area contributed by atoms with Crippen molar-refractivity contribution in [1.82, 2.24) is 29.5 Å². The lowest BCUT2D eigenvalue weighted by molar-refractivity contribution is 0.955. The number of anilines is 1. The van der Waals surface area contributed by atoms with E-state index in [-0.39, 0.29) is 5.69 Å². The molecule has 0 aromatic carbocycles. The van der Waals surface area contributed by atoms with Gasteiger partial charge < -0.3 is 10.3 Å². The maximum atomic E-state index is 11.2. The predicted molar refractivity (Wildman–Crippen MR) is 64.4 cm³/mol. The summed E-state index contributed by atoms with van der Waals surface area (Å²) in [6, 6.07) is 1.71. The van der Waals surface area contributed by atoms with Crippen LogP contribution in [0.1, 0.15) is 5.69 Å². The minimum atomic E-state index is -0.290. The average molecular weight is 245 g/mol. The molecule has 0 radical (unpaired) electrons. The zero-order valence-corrected chi connectivity index (χ0v) is 9.42. The van der Waals surface area contributed by atoms with Crippen LogP contribution in [0.4, 0.5) is 5.82 Å². The highest BCUT2D eigenvalue weighted by Crippen LogP contribution is 2.04. The molecule has 0 saturated carbocycles. The molecule has 0 spiro atoms. The largest absolute Gasteiger partial charge is 0.370 e. The second kappa shape index (κ2) is 4.32. The Bertz CT molecular complexity index is 696. The molecule has 3 N–H and O–H groups in total. The van der Waals surface area contributed by atoms with Gasteiger partial charge in [0.1, 0.15) is 12.1 Å². The second-order valence-corrected chi connectivity index (χ2v) is 3.78. The topological polar surface area (TPSA) is 104 Å². The van der Waals surface area contributed by atoms with E-state index in [4.69, 9.17) is 0 Å². The maximum Gasteiger partial charge on any atom is 0.348 e. The Hall–Kier alpha value is -2.64. The number of fused-ring (bicyclic) bond motifs is 1. The number of rotatable bonds is 4. The van der Waals surface area contributed by atoms with Gasteiger partial charge in [0, 0.05) is 30.9 Å². The van der Waals surface area contributed by atoms with Crippen molar-refractivity contribution < 1.29 is 0 Å². The zero-order chi connectivity index (χ0) is 12.4. The Morgan fingerprint density at radius 3 is 3.22 bits per heavy atom. The molecule has 8 nitrogen and oxygen atoms in total. The first-order valence-electron chi connectivity index (χ1n) is 5.47. The van der Waals surface area contributed by atoms with Gasteiger partial charge in [-0.3, -0.25) is 0 Å². The highest BCUT2D eigenvalue weighted by molar-refractivity contribution is 5.48. The van der Waals surface area contributed by atoms with E-state index < -0.39 is 0 Å². The molecule has 0 amide bonds. The van der Waals surface area contributed by atoms with Gasteiger partial charge in [-0.2, -0.15) is 5.10 Å². The van der Waals surface area contributed by atoms with Crippen molar-refractivity contribution in [2.24, 2.45) is 0 Å². The summed E-state index contributed by atoms with van der Waals surface area (Å²) < 4.78 is 1.35. The van der Waals surface area contributed by atoms with Crippen molar-refractivity contribution in [3.63, 3.8) is 0 Å². The highest BCUT2D eigenvalue weighted by atomic mass is 16.1. The number of nitrogens with zero attached hydrogens (tertiary/aromatic N) is 4. The van der Waals surface area contributed by atoms with Crippen LogP contribution >= 0.6 is 0 Å². The van der Waals surface area contributed by atoms with E-state index in [1.807, 2.05) is 0 Å². The van der Waals surface area contributed by atoms with Gasteiger partial charge in [-0.25, -0.2) is 24.3 Å². The number of H-pyrrole nitrogens is 2. The standard InChI is InChI=1S/C10H11N7O/c18-10-16-15-9-3-8(14-6-17(9)10)12-2-1-7-4-11-5-13-7/h3-6,12H,1-2H2,(H,11,13)(H,16,18). The summed E-state index contributed by atoms with van der Waals surface area (Å²) in [4.78, 5) is 22.3. The van der Waals surface area contributed by atoms with Crippen LogP contribution < -0.4 is 11.0 Å². The van der Waals surface area contributed by atoms with Crippen LogP contribution in [-0.2, 0) is 6.42 Å². The highest BCUT2D eigenvalue weighted by Gasteiger charge is 2.02. The molecular weight excluding hydrogens is 234 g/mol. The number of aromatic amines is 2. The molecule has 0 bridgehead atoms. The lowest BCUT2D eigenvalue weighted by Gasteiger charge is -2.03. The molecule has 8 heteroatoms. The molecule has 0 fully saturated rings. The minimum absolute atomic E-state index is 0.290. The first-order valence-corrected chi connectivity index (χ1v) is 5.47. The molecule has 92 valence electrons. The van der Waals surface area contributed by atoms with Crippen LogP contribution in [0.15, 0.2) is 29.7 Å². The Labute approximate surface area is 101 Å². The average Bonchev–Trinajstić information content (AvgIpc) is 3.00. The zero-order valence-electron chi connectivity index (χ0n) is 9.42. The fourth-order valence-corrected chi connectivity index (χ4v) is 1.65. The summed E-state index contributed by atoms with van der Waals surface area (Å²) in [5.74, 6) is 0.681. The molecule has 0 aliphatic heterocycles. The van der Waals surface area contributed by atoms with Gasteiger partial charge in [0.2, 0.25) is 0 Å². The van der Waals surface area contributed by atoms with Crippen LogP contribution in [-0.4, -0.2) is 36.1 Å². The number of nitrogens with one attached hydrogen (secondary N) is 3. The Morgan fingerprint density at radius 1 is 1.44 bits per heavy atom. The number of hydrogen-bond acceptors (Lipinski definition) is 5. The summed E-state index contributed by atoms with van der Waals surface area (Å²) in [5.41, 5.74) is 1.31. The predicted octanol–water partition coefficient (Wildman–Crippen LogP) is -0.205. The Morgan fingerprint density at radius 2 is 2.39 bits per heavy atom. The molecule has 3 heterocycles. The molecule has 0 unspecified atom stereocenters. The Kier molecular flexibility index (Phi) is 2.52. The van der Waals surface area contributed by atoms with Crippen molar-refractivity contribution in [1.29, 1.82) is 0 Å². The fourth-order valence-electron chi connectivity index (χ4n) is 1.65. The molecule has 0 saturated heterocycles. The molecule has 3 aromatic rings. The van der Waals surface area contributed by atoms with E-state index in [1.165, 1.54) is 10.7 Å². The van der Waals surface area contributed by atoms with Crippen molar-refractivity contribution in [3.05, 3.63) is 41.1 Å². The van der Waals surface area contributed by atoms with Crippen molar-refractivity contribution in [3.8, 4) is 0 Å². The fraction of sp³-hybridized carbons (Fsp3) is 0.200. The van der Waals surface area contributed by atoms with E-state index in [9.17, 15) is 4.79 Å². The van der Waals surface area contributed by atoms with E-state index in [0.29, 0.717) is 11.5 Å². The summed E-state index contributed by atoms with van der Waals surface area (Å²) in [6.45, 7) is 0.722. The first kappa shape index (κ1) is 10.5. The van der Waals surface area contributed by atoms with Gasteiger partial charge in [-0.15, -0.1) is 0 Å². The lowest BCUT2D eigenvalue weighted by Crippen LogP contribution is -2.11. The number of aromatic nitrogens is 6. The molecule has 18 heavy (non-hydrogen) atoms. The Balaban J connectivity index is 1.69. The van der Waals surface area contributed by atoms with E-state index in [0.717, 1.165) is 18.7 Å². The molecule has 3 rings (SSSR count). The van der Waals surface area contributed by atoms with Gasteiger partial charge >= 0.3 is 5.69 Å². The van der Waals surface area contributed by atoms with Crippen LogP contribution in [0.25, 0.3) is 5.65 Å². The van der Waals surface area contributed by atoms with Crippen LogP contribution in [0.5, 0.6) is 0 Å². The summed E-state index contributed by atoms with van der Waals surface area (Å²) in [5, 5.41) is 9.38. The van der Waals surface area contributed by atoms with Gasteiger partial charge in [0.25, 0.3) is 0 Å². The summed E-state index contributed by atoms with van der Waals surface area (Å²) >= 11 is 0. The smallest absolute Gasteiger partial charge is 0.348 e. The normalized spacial score (nSPS) is 10.9. The quantitative estimate of drug-likeness (QED) is 0.590. The molecular formula is C10H11N7O. The number of hydrogen-bond donors (Lipinski definition) is 3. The van der Waals surface area contributed by atoms with Crippen LogP contribution in [0.2, 0.25) is 0 Å². The van der Waals surface area contributed by atoms with Gasteiger partial charge in [0.15, 0.2) is 5.65 Å². The SMILES string of the molecule is O=c1[nH]nc2cc(NCCc3cnc[nH]3)ncn12. The maximum absolute atomic E-state index is 11.2. The second-order valence-electron chi connectivity index (χ2n) is 3.78. The third kappa shape index (κ3) is 1.95. The molecule has 0 atom stereocenters. The molecule has 0 aliphatic carbocycles. The minimum Gasteiger partial charge on any atom is -0.370 e.